The lowest BCUT2D eigenvalue weighted by molar-refractivity contribution is 0.628. The molecular weight excluding hydrogens is 250 g/mol. The van der Waals surface area contributed by atoms with Crippen LogP contribution in [-0.2, 0) is 0 Å². The Balaban J connectivity index is 2.59. The van der Waals surface area contributed by atoms with Crippen LogP contribution in [0.5, 0.6) is 0 Å². The van der Waals surface area contributed by atoms with E-state index in [1.54, 1.807) is 13.0 Å². The van der Waals surface area contributed by atoms with Gasteiger partial charge in [-0.25, -0.2) is 14.4 Å². The summed E-state index contributed by atoms with van der Waals surface area (Å²) in [6, 6.07) is 4.42. The monoisotopic (exact) mass is 256 g/mol. The molecule has 0 fully saturated rings. The van der Waals surface area contributed by atoms with Crippen LogP contribution in [0.3, 0.4) is 0 Å². The molecule has 1 aromatic heterocycles. The summed E-state index contributed by atoms with van der Waals surface area (Å²) in [6.07, 6.45) is 1.36. The van der Waals surface area contributed by atoms with Crippen LogP contribution in [0.1, 0.15) is 5.56 Å². The number of nitrogens with zero attached hydrogens (tertiary/aromatic N) is 2. The summed E-state index contributed by atoms with van der Waals surface area (Å²) in [7, 11) is 0. The van der Waals surface area contributed by atoms with E-state index < -0.39 is 5.82 Å². The highest BCUT2D eigenvalue weighted by Gasteiger charge is 2.09. The molecule has 0 aliphatic rings. The third kappa shape index (κ3) is 2.01. The molecule has 1 heterocycles. The van der Waals surface area contributed by atoms with Gasteiger partial charge in [-0.3, -0.25) is 0 Å². The molecule has 2 rings (SSSR count). The second-order valence-corrected chi connectivity index (χ2v) is 4.03. The number of halogens is 3. The largest absolute Gasteiger partial charge is 0.236 e. The maximum absolute atomic E-state index is 13.0. The molecule has 0 aliphatic heterocycles. The van der Waals surface area contributed by atoms with Crippen molar-refractivity contribution in [1.82, 2.24) is 9.97 Å². The van der Waals surface area contributed by atoms with E-state index >= 15 is 0 Å². The number of rotatable bonds is 1. The van der Waals surface area contributed by atoms with Gasteiger partial charge >= 0.3 is 0 Å². The zero-order valence-electron chi connectivity index (χ0n) is 8.34. The SMILES string of the molecule is Cc1c(Cl)ncnc1-c1ccc(F)c(Cl)c1. The van der Waals surface area contributed by atoms with E-state index in [4.69, 9.17) is 23.2 Å². The van der Waals surface area contributed by atoms with E-state index in [0.29, 0.717) is 16.4 Å². The van der Waals surface area contributed by atoms with Gasteiger partial charge in [0.2, 0.25) is 0 Å². The quantitative estimate of drug-likeness (QED) is 0.724. The molecule has 0 radical (unpaired) electrons. The van der Waals surface area contributed by atoms with Crippen LogP contribution in [0.2, 0.25) is 10.2 Å². The summed E-state index contributed by atoms with van der Waals surface area (Å²) in [5.74, 6) is -0.455. The highest BCUT2D eigenvalue weighted by molar-refractivity contribution is 6.31. The van der Waals surface area contributed by atoms with Crippen LogP contribution in [0.4, 0.5) is 4.39 Å². The summed E-state index contributed by atoms with van der Waals surface area (Å²) in [5.41, 5.74) is 2.11. The first-order valence-electron chi connectivity index (χ1n) is 4.52. The molecule has 0 spiro atoms. The summed E-state index contributed by atoms with van der Waals surface area (Å²) in [4.78, 5) is 7.96. The van der Waals surface area contributed by atoms with Gasteiger partial charge < -0.3 is 0 Å². The van der Waals surface area contributed by atoms with E-state index in [1.165, 1.54) is 18.5 Å². The normalized spacial score (nSPS) is 10.5. The van der Waals surface area contributed by atoms with E-state index in [-0.39, 0.29) is 5.02 Å². The van der Waals surface area contributed by atoms with E-state index in [0.717, 1.165) is 5.56 Å². The molecule has 0 saturated carbocycles. The standard InChI is InChI=1S/C11H7Cl2FN2/c1-6-10(15-5-16-11(6)13)7-2-3-9(14)8(12)4-7/h2-5H,1H3. The minimum absolute atomic E-state index is 0.0617. The van der Waals surface area contributed by atoms with Crippen molar-refractivity contribution in [3.05, 3.63) is 46.1 Å². The Morgan fingerprint density at radius 1 is 1.19 bits per heavy atom. The maximum Gasteiger partial charge on any atom is 0.141 e. The fourth-order valence-corrected chi connectivity index (χ4v) is 1.68. The van der Waals surface area contributed by atoms with Crippen molar-refractivity contribution in [2.24, 2.45) is 0 Å². The highest BCUT2D eigenvalue weighted by atomic mass is 35.5. The maximum atomic E-state index is 13.0. The highest BCUT2D eigenvalue weighted by Crippen LogP contribution is 2.27. The zero-order valence-corrected chi connectivity index (χ0v) is 9.85. The van der Waals surface area contributed by atoms with Gasteiger partial charge in [-0.2, -0.15) is 0 Å². The average molecular weight is 257 g/mol. The molecule has 0 amide bonds. The summed E-state index contributed by atoms with van der Waals surface area (Å²) in [6.45, 7) is 1.80. The third-order valence-corrected chi connectivity index (χ3v) is 2.89. The van der Waals surface area contributed by atoms with Gasteiger partial charge in [0.05, 0.1) is 10.7 Å². The molecule has 0 atom stereocenters. The predicted octanol–water partition coefficient (Wildman–Crippen LogP) is 3.90. The van der Waals surface area contributed by atoms with Gasteiger partial charge in [0.25, 0.3) is 0 Å². The molecule has 0 unspecified atom stereocenters. The zero-order chi connectivity index (χ0) is 11.7. The van der Waals surface area contributed by atoms with Crippen molar-refractivity contribution in [2.45, 2.75) is 6.92 Å². The van der Waals surface area contributed by atoms with E-state index in [9.17, 15) is 4.39 Å². The minimum atomic E-state index is -0.455. The molecule has 2 nitrogen and oxygen atoms in total. The number of aromatic nitrogens is 2. The van der Waals surface area contributed by atoms with Gasteiger partial charge in [-0.15, -0.1) is 0 Å². The van der Waals surface area contributed by atoms with Crippen molar-refractivity contribution < 1.29 is 4.39 Å². The van der Waals surface area contributed by atoms with Crippen molar-refractivity contribution in [3.63, 3.8) is 0 Å². The summed E-state index contributed by atoms with van der Waals surface area (Å²) >= 11 is 11.6. The Kier molecular flexibility index (Phi) is 3.08. The van der Waals surface area contributed by atoms with Gasteiger partial charge in [-0.05, 0) is 25.1 Å². The first-order valence-corrected chi connectivity index (χ1v) is 5.27. The van der Waals surface area contributed by atoms with Crippen LogP contribution in [0, 0.1) is 12.7 Å². The lowest BCUT2D eigenvalue weighted by atomic mass is 10.1. The minimum Gasteiger partial charge on any atom is -0.236 e. The molecular formula is C11H7Cl2FN2. The fraction of sp³-hybridized carbons (Fsp3) is 0.0909. The Hall–Kier alpha value is -1.19. The summed E-state index contributed by atoms with van der Waals surface area (Å²) < 4.78 is 13.0. The first-order chi connectivity index (χ1) is 7.59. The van der Waals surface area contributed by atoms with Crippen LogP contribution in [0.25, 0.3) is 11.3 Å². The second kappa shape index (κ2) is 4.36. The Morgan fingerprint density at radius 2 is 1.94 bits per heavy atom. The van der Waals surface area contributed by atoms with Gasteiger partial charge in [-0.1, -0.05) is 23.2 Å². The molecule has 16 heavy (non-hydrogen) atoms. The molecule has 0 bridgehead atoms. The number of hydrogen-bond donors (Lipinski definition) is 0. The van der Waals surface area contributed by atoms with Gasteiger partial charge in [0.15, 0.2) is 0 Å². The molecule has 5 heteroatoms. The third-order valence-electron chi connectivity index (χ3n) is 2.22. The molecule has 2 aromatic rings. The van der Waals surface area contributed by atoms with Crippen LogP contribution < -0.4 is 0 Å². The average Bonchev–Trinajstić information content (AvgIpc) is 2.26. The molecule has 1 aromatic carbocycles. The topological polar surface area (TPSA) is 25.8 Å². The van der Waals surface area contributed by atoms with Crippen molar-refractivity contribution >= 4 is 23.2 Å². The lowest BCUT2D eigenvalue weighted by Crippen LogP contribution is -1.92. The molecule has 0 N–H and O–H groups in total. The number of benzene rings is 1. The predicted molar refractivity (Wildman–Crippen MR) is 62.2 cm³/mol. The van der Waals surface area contributed by atoms with Gasteiger partial charge in [0.1, 0.15) is 17.3 Å². The Labute approximate surface area is 102 Å². The Bertz CT molecular complexity index is 544. The molecule has 82 valence electrons. The smallest absolute Gasteiger partial charge is 0.141 e. The van der Waals surface area contributed by atoms with E-state index in [2.05, 4.69) is 9.97 Å². The summed E-state index contributed by atoms with van der Waals surface area (Å²) in [5, 5.41) is 0.442. The number of hydrogen-bond acceptors (Lipinski definition) is 2. The van der Waals surface area contributed by atoms with Crippen molar-refractivity contribution in [1.29, 1.82) is 0 Å². The van der Waals surface area contributed by atoms with Crippen molar-refractivity contribution in [2.75, 3.05) is 0 Å². The van der Waals surface area contributed by atoms with Crippen LogP contribution in [0.15, 0.2) is 24.5 Å². The van der Waals surface area contributed by atoms with Gasteiger partial charge in [0, 0.05) is 11.1 Å². The lowest BCUT2D eigenvalue weighted by Gasteiger charge is -2.06. The molecule has 0 saturated heterocycles. The fourth-order valence-electron chi connectivity index (χ4n) is 1.36. The van der Waals surface area contributed by atoms with Crippen molar-refractivity contribution in [3.8, 4) is 11.3 Å². The second-order valence-electron chi connectivity index (χ2n) is 3.27. The first kappa shape index (κ1) is 11.3. The molecule has 0 aliphatic carbocycles. The van der Waals surface area contributed by atoms with E-state index in [1.807, 2.05) is 0 Å². The Morgan fingerprint density at radius 3 is 2.62 bits per heavy atom. The van der Waals surface area contributed by atoms with Crippen LogP contribution >= 0.6 is 23.2 Å². The van der Waals surface area contributed by atoms with Crippen LogP contribution in [-0.4, -0.2) is 9.97 Å².